The molecule has 0 aliphatic rings. The molecule has 2 N–H and O–H groups in total. The average molecular weight is 330 g/mol. The monoisotopic (exact) mass is 330 g/mol. The Kier molecular flexibility index (Phi) is 3.83. The highest BCUT2D eigenvalue weighted by Gasteiger charge is 2.12. The maximum Gasteiger partial charge on any atom is 0.251 e. The van der Waals surface area contributed by atoms with Crippen LogP contribution in [0.15, 0.2) is 47.5 Å². The molecule has 0 fully saturated rings. The minimum Gasteiger partial charge on any atom is -0.346 e. The van der Waals surface area contributed by atoms with Crippen LogP contribution < -0.4 is 5.32 Å². The van der Waals surface area contributed by atoms with E-state index in [4.69, 9.17) is 0 Å². The lowest BCUT2D eigenvalue weighted by Crippen LogP contribution is -2.23. The number of aromatic nitrogens is 3. The Morgan fingerprint density at radius 2 is 2.09 bits per heavy atom. The summed E-state index contributed by atoms with van der Waals surface area (Å²) in [6.07, 6.45) is 2.75. The van der Waals surface area contributed by atoms with Crippen molar-refractivity contribution in [3.63, 3.8) is 0 Å². The van der Waals surface area contributed by atoms with Crippen LogP contribution in [0.3, 0.4) is 0 Å². The van der Waals surface area contributed by atoms with E-state index >= 15 is 0 Å². The van der Waals surface area contributed by atoms with E-state index in [0.717, 1.165) is 17.3 Å². The van der Waals surface area contributed by atoms with Crippen LogP contribution in [0, 0.1) is 0 Å². The summed E-state index contributed by atoms with van der Waals surface area (Å²) in [6.45, 7) is 0.240. The van der Waals surface area contributed by atoms with E-state index in [9.17, 15) is 13.2 Å². The van der Waals surface area contributed by atoms with Crippen molar-refractivity contribution in [2.45, 2.75) is 11.4 Å². The van der Waals surface area contributed by atoms with Crippen LogP contribution in [-0.2, 0) is 16.4 Å². The summed E-state index contributed by atoms with van der Waals surface area (Å²) >= 11 is 0. The minimum absolute atomic E-state index is 0.112. The second-order valence-corrected chi connectivity index (χ2v) is 7.08. The van der Waals surface area contributed by atoms with Crippen molar-refractivity contribution in [2.75, 3.05) is 6.26 Å². The molecule has 0 saturated carbocycles. The molecule has 3 rings (SSSR count). The third-order valence-corrected chi connectivity index (χ3v) is 4.47. The fraction of sp³-hybridized carbons (Fsp3) is 0.133. The van der Waals surface area contributed by atoms with Gasteiger partial charge in [0.1, 0.15) is 0 Å². The van der Waals surface area contributed by atoms with Gasteiger partial charge in [-0.05, 0) is 30.3 Å². The molecule has 118 valence electrons. The average Bonchev–Trinajstić information content (AvgIpc) is 2.95. The number of aromatic amines is 1. The van der Waals surface area contributed by atoms with Gasteiger partial charge in [-0.3, -0.25) is 9.89 Å². The molecule has 0 unspecified atom stereocenters. The van der Waals surface area contributed by atoms with Crippen LogP contribution in [0.2, 0.25) is 0 Å². The molecule has 0 spiro atoms. The molecule has 3 aromatic rings. The van der Waals surface area contributed by atoms with Gasteiger partial charge in [0.15, 0.2) is 15.5 Å². The van der Waals surface area contributed by atoms with Crippen LogP contribution in [0.25, 0.3) is 11.0 Å². The molecule has 2 heterocycles. The minimum atomic E-state index is -3.35. The van der Waals surface area contributed by atoms with Crippen molar-refractivity contribution < 1.29 is 13.2 Å². The fourth-order valence-electron chi connectivity index (χ4n) is 2.18. The van der Waals surface area contributed by atoms with E-state index in [0.29, 0.717) is 5.65 Å². The van der Waals surface area contributed by atoms with Crippen molar-refractivity contribution in [2.24, 2.45) is 0 Å². The van der Waals surface area contributed by atoms with Gasteiger partial charge >= 0.3 is 0 Å². The standard InChI is InChI=1S/C15H14N4O3S/c1-23(21,22)11-5-2-4-10(8-11)15(20)17-9-13-12-6-3-7-16-14(12)19-18-13/h2-8H,9H2,1H3,(H,17,20)(H,16,18,19). The molecule has 0 saturated heterocycles. The van der Waals surface area contributed by atoms with Crippen LogP contribution in [0.4, 0.5) is 0 Å². The van der Waals surface area contributed by atoms with Gasteiger partial charge in [0.05, 0.1) is 17.1 Å². The number of nitrogens with one attached hydrogen (secondary N) is 2. The molecule has 0 aliphatic heterocycles. The van der Waals surface area contributed by atoms with Gasteiger partial charge in [-0.15, -0.1) is 0 Å². The third kappa shape index (κ3) is 3.21. The van der Waals surface area contributed by atoms with E-state index in [2.05, 4.69) is 20.5 Å². The highest BCUT2D eigenvalue weighted by atomic mass is 32.2. The van der Waals surface area contributed by atoms with E-state index in [-0.39, 0.29) is 22.9 Å². The van der Waals surface area contributed by atoms with Crippen LogP contribution in [0.1, 0.15) is 16.1 Å². The Hall–Kier alpha value is -2.74. The second-order valence-electron chi connectivity index (χ2n) is 5.06. The predicted molar refractivity (Wildman–Crippen MR) is 84.6 cm³/mol. The molecule has 2 aromatic heterocycles. The van der Waals surface area contributed by atoms with Crippen LogP contribution in [0.5, 0.6) is 0 Å². The molecule has 0 bridgehead atoms. The summed E-state index contributed by atoms with van der Waals surface area (Å²) in [5.74, 6) is -0.359. The Balaban J connectivity index is 1.77. The first-order chi connectivity index (χ1) is 10.9. The van der Waals surface area contributed by atoms with Gasteiger partial charge in [0, 0.05) is 23.4 Å². The van der Waals surface area contributed by atoms with Gasteiger partial charge in [-0.2, -0.15) is 5.10 Å². The topological polar surface area (TPSA) is 105 Å². The second kappa shape index (κ2) is 5.81. The molecule has 23 heavy (non-hydrogen) atoms. The number of hydrogen-bond acceptors (Lipinski definition) is 5. The number of sulfone groups is 1. The highest BCUT2D eigenvalue weighted by Crippen LogP contribution is 2.14. The third-order valence-electron chi connectivity index (χ3n) is 3.36. The summed E-state index contributed by atoms with van der Waals surface area (Å²) < 4.78 is 23.1. The Bertz CT molecular complexity index is 979. The number of benzene rings is 1. The number of carbonyl (C=O) groups is 1. The SMILES string of the molecule is CS(=O)(=O)c1cccc(C(=O)NCc2[nH]nc3ncccc23)c1. The van der Waals surface area contributed by atoms with Crippen molar-refractivity contribution in [3.05, 3.63) is 53.9 Å². The number of amides is 1. The maximum absolute atomic E-state index is 12.2. The number of hydrogen-bond donors (Lipinski definition) is 2. The zero-order chi connectivity index (χ0) is 16.4. The molecule has 7 nitrogen and oxygen atoms in total. The van der Waals surface area contributed by atoms with Gasteiger partial charge < -0.3 is 5.32 Å². The first kappa shape index (κ1) is 15.2. The molecular formula is C15H14N4O3S. The largest absolute Gasteiger partial charge is 0.346 e. The van der Waals surface area contributed by atoms with Crippen molar-refractivity contribution in [1.29, 1.82) is 0 Å². The van der Waals surface area contributed by atoms with Crippen molar-refractivity contribution in [3.8, 4) is 0 Å². The number of fused-ring (bicyclic) bond motifs is 1. The normalized spacial score (nSPS) is 11.5. The zero-order valence-electron chi connectivity index (χ0n) is 12.3. The summed E-state index contributed by atoms with van der Waals surface area (Å²) in [7, 11) is -3.35. The quantitative estimate of drug-likeness (QED) is 0.750. The first-order valence-electron chi connectivity index (χ1n) is 6.81. The summed E-state index contributed by atoms with van der Waals surface area (Å²) in [4.78, 5) is 16.4. The number of nitrogens with zero attached hydrogens (tertiary/aromatic N) is 2. The lowest BCUT2D eigenvalue weighted by Gasteiger charge is -2.05. The van der Waals surface area contributed by atoms with E-state index < -0.39 is 9.84 Å². The van der Waals surface area contributed by atoms with Crippen molar-refractivity contribution >= 4 is 26.8 Å². The van der Waals surface area contributed by atoms with Crippen molar-refractivity contribution in [1.82, 2.24) is 20.5 Å². The van der Waals surface area contributed by atoms with E-state index in [1.165, 1.54) is 12.1 Å². The Labute approximate surface area is 132 Å². The lowest BCUT2D eigenvalue weighted by atomic mass is 10.2. The van der Waals surface area contributed by atoms with Gasteiger partial charge in [0.25, 0.3) is 5.91 Å². The predicted octanol–water partition coefficient (Wildman–Crippen LogP) is 1.29. The van der Waals surface area contributed by atoms with Gasteiger partial charge in [-0.1, -0.05) is 6.07 Å². The fourth-order valence-corrected chi connectivity index (χ4v) is 2.84. The summed E-state index contributed by atoms with van der Waals surface area (Å²) in [5, 5.41) is 10.5. The smallest absolute Gasteiger partial charge is 0.251 e. The molecule has 0 atom stereocenters. The highest BCUT2D eigenvalue weighted by molar-refractivity contribution is 7.90. The summed E-state index contributed by atoms with van der Waals surface area (Å²) in [6, 6.07) is 9.57. The lowest BCUT2D eigenvalue weighted by molar-refractivity contribution is 0.0950. The molecule has 0 radical (unpaired) electrons. The van der Waals surface area contributed by atoms with Crippen LogP contribution >= 0.6 is 0 Å². The number of pyridine rings is 1. The molecule has 8 heteroatoms. The van der Waals surface area contributed by atoms with Gasteiger partial charge in [0.2, 0.25) is 0 Å². The Morgan fingerprint density at radius 3 is 2.87 bits per heavy atom. The first-order valence-corrected chi connectivity index (χ1v) is 8.70. The molecular weight excluding hydrogens is 316 g/mol. The van der Waals surface area contributed by atoms with Gasteiger partial charge in [-0.25, -0.2) is 13.4 Å². The maximum atomic E-state index is 12.2. The number of rotatable bonds is 4. The van der Waals surface area contributed by atoms with Crippen LogP contribution in [-0.4, -0.2) is 35.8 Å². The molecule has 1 amide bonds. The Morgan fingerprint density at radius 1 is 1.26 bits per heavy atom. The summed E-state index contributed by atoms with van der Waals surface area (Å²) in [5.41, 5.74) is 1.60. The number of carbonyl (C=O) groups excluding carboxylic acids is 1. The molecule has 1 aromatic carbocycles. The van der Waals surface area contributed by atoms with E-state index in [1.807, 2.05) is 6.07 Å². The number of H-pyrrole nitrogens is 1. The zero-order valence-corrected chi connectivity index (χ0v) is 13.1. The van der Waals surface area contributed by atoms with E-state index in [1.54, 1.807) is 24.4 Å². The molecule has 0 aliphatic carbocycles.